The molecule has 10 nitrogen and oxygen atoms in total. The van der Waals surface area contributed by atoms with Crippen LogP contribution in [0.2, 0.25) is 0 Å². The number of Topliss-reactive ketones (excluding diaryl/α,β-unsaturated/α-hetero) is 1. The number of ketones is 1. The van der Waals surface area contributed by atoms with Gasteiger partial charge in [-0.2, -0.15) is 5.26 Å². The number of carbonyl (C=O) groups is 4. The van der Waals surface area contributed by atoms with Crippen LogP contribution in [-0.2, 0) is 23.9 Å². The molecule has 36 heavy (non-hydrogen) atoms. The van der Waals surface area contributed by atoms with Crippen LogP contribution in [-0.4, -0.2) is 43.0 Å². The van der Waals surface area contributed by atoms with Crippen molar-refractivity contribution in [2.75, 3.05) is 19.1 Å². The SMILES string of the molecule is COC(=O)C1=C(C(=O)OC)N(c2ccc(C)c(Br)c2C(=O)C(=O)O)C(N)=C(C#N)C1c1ccccc1. The van der Waals surface area contributed by atoms with Crippen molar-refractivity contribution in [3.63, 3.8) is 0 Å². The van der Waals surface area contributed by atoms with E-state index in [1.54, 1.807) is 43.3 Å². The van der Waals surface area contributed by atoms with Gasteiger partial charge in [-0.1, -0.05) is 36.4 Å². The van der Waals surface area contributed by atoms with Gasteiger partial charge in [-0.15, -0.1) is 0 Å². The Balaban J connectivity index is 2.53. The number of hydrogen-bond acceptors (Lipinski definition) is 9. The Morgan fingerprint density at radius 1 is 1.06 bits per heavy atom. The summed E-state index contributed by atoms with van der Waals surface area (Å²) in [6.45, 7) is 1.63. The van der Waals surface area contributed by atoms with Gasteiger partial charge in [0.15, 0.2) is 0 Å². The number of methoxy groups -OCH3 is 2. The van der Waals surface area contributed by atoms with Gasteiger partial charge in [0.25, 0.3) is 5.78 Å². The number of carboxylic acid groups (broad SMARTS) is 1. The Hall–Kier alpha value is -4.43. The van der Waals surface area contributed by atoms with Crippen molar-refractivity contribution >= 4 is 45.3 Å². The van der Waals surface area contributed by atoms with Crippen LogP contribution in [0.4, 0.5) is 5.69 Å². The normalized spacial score (nSPS) is 15.3. The lowest BCUT2D eigenvalue weighted by Gasteiger charge is -2.36. The van der Waals surface area contributed by atoms with E-state index in [1.165, 1.54) is 6.07 Å². The molecule has 0 amide bonds. The number of rotatable bonds is 6. The molecule has 0 fully saturated rings. The summed E-state index contributed by atoms with van der Waals surface area (Å²) in [5, 5.41) is 19.6. The van der Waals surface area contributed by atoms with Gasteiger partial charge in [-0.3, -0.25) is 9.69 Å². The van der Waals surface area contributed by atoms with Crippen molar-refractivity contribution < 1.29 is 33.8 Å². The molecule has 3 N–H and O–H groups in total. The summed E-state index contributed by atoms with van der Waals surface area (Å²) in [6, 6.07) is 13.3. The predicted molar refractivity (Wildman–Crippen MR) is 130 cm³/mol. The number of nitrogens with zero attached hydrogens (tertiary/aromatic N) is 2. The zero-order valence-corrected chi connectivity index (χ0v) is 21.0. The molecule has 0 saturated heterocycles. The Bertz CT molecular complexity index is 1390. The van der Waals surface area contributed by atoms with E-state index in [0.717, 1.165) is 19.1 Å². The van der Waals surface area contributed by atoms with E-state index < -0.39 is 35.3 Å². The third kappa shape index (κ3) is 4.34. The van der Waals surface area contributed by atoms with Crippen molar-refractivity contribution in [2.24, 2.45) is 5.73 Å². The second-order valence-electron chi connectivity index (χ2n) is 7.56. The fourth-order valence-electron chi connectivity index (χ4n) is 3.94. The van der Waals surface area contributed by atoms with Gasteiger partial charge < -0.3 is 20.3 Å². The minimum absolute atomic E-state index is 0.125. The summed E-state index contributed by atoms with van der Waals surface area (Å²) in [5.74, 6) is -6.45. The minimum Gasteiger partial charge on any atom is -0.475 e. The second kappa shape index (κ2) is 10.5. The van der Waals surface area contributed by atoms with Crippen LogP contribution in [0, 0.1) is 18.3 Å². The standard InChI is InChI=1S/C25H20BrN3O7/c1-12-9-10-15(17(19(12)26)21(30)23(31)32)29-20(25(34)36-3)18(24(33)35-2)16(14(11-27)22(29)28)13-7-5-4-6-8-13/h4-10,16H,28H2,1-3H3,(H,31,32). The number of allylic oxidation sites excluding steroid dienone is 1. The zero-order valence-electron chi connectivity index (χ0n) is 19.4. The van der Waals surface area contributed by atoms with Crippen molar-refractivity contribution in [1.82, 2.24) is 0 Å². The first-order valence-electron chi connectivity index (χ1n) is 10.3. The molecule has 3 rings (SSSR count). The molecule has 0 saturated carbocycles. The summed E-state index contributed by atoms with van der Waals surface area (Å²) in [4.78, 5) is 51.7. The molecular formula is C25H20BrN3O7. The van der Waals surface area contributed by atoms with Crippen LogP contribution in [0.3, 0.4) is 0 Å². The van der Waals surface area contributed by atoms with Crippen LogP contribution in [0.1, 0.15) is 27.4 Å². The van der Waals surface area contributed by atoms with Crippen molar-refractivity contribution in [1.29, 1.82) is 5.26 Å². The number of anilines is 1. The third-order valence-corrected chi connectivity index (χ3v) is 6.61. The number of nitriles is 1. The summed E-state index contributed by atoms with van der Waals surface area (Å²) < 4.78 is 10.0. The van der Waals surface area contributed by atoms with Gasteiger partial charge >= 0.3 is 17.9 Å². The number of halogens is 1. The van der Waals surface area contributed by atoms with Gasteiger partial charge in [0.2, 0.25) is 0 Å². The Labute approximate surface area is 214 Å². The number of esters is 2. The average Bonchev–Trinajstić information content (AvgIpc) is 2.88. The maximum atomic E-state index is 13.2. The highest BCUT2D eigenvalue weighted by molar-refractivity contribution is 9.10. The lowest BCUT2D eigenvalue weighted by Crippen LogP contribution is -2.41. The first-order chi connectivity index (χ1) is 17.1. The lowest BCUT2D eigenvalue weighted by atomic mass is 9.80. The van der Waals surface area contributed by atoms with Gasteiger partial charge in [0.1, 0.15) is 11.5 Å². The van der Waals surface area contributed by atoms with Crippen molar-refractivity contribution in [3.8, 4) is 6.07 Å². The number of aryl methyl sites for hydroxylation is 1. The topological polar surface area (TPSA) is 160 Å². The Morgan fingerprint density at radius 2 is 1.67 bits per heavy atom. The van der Waals surface area contributed by atoms with E-state index in [-0.39, 0.29) is 32.7 Å². The molecule has 0 aromatic heterocycles. The fraction of sp³-hybridized carbons (Fsp3) is 0.160. The predicted octanol–water partition coefficient (Wildman–Crippen LogP) is 2.92. The quantitative estimate of drug-likeness (QED) is 0.309. The van der Waals surface area contributed by atoms with Crippen LogP contribution >= 0.6 is 15.9 Å². The van der Waals surface area contributed by atoms with Crippen molar-refractivity contribution in [2.45, 2.75) is 12.8 Å². The van der Waals surface area contributed by atoms with Crippen LogP contribution in [0.25, 0.3) is 0 Å². The van der Waals surface area contributed by atoms with Gasteiger partial charge in [-0.25, -0.2) is 14.4 Å². The highest BCUT2D eigenvalue weighted by Crippen LogP contribution is 2.45. The summed E-state index contributed by atoms with van der Waals surface area (Å²) in [7, 11) is 2.18. The van der Waals surface area contributed by atoms with Crippen LogP contribution in [0.5, 0.6) is 0 Å². The van der Waals surface area contributed by atoms with Crippen LogP contribution < -0.4 is 10.6 Å². The number of hydrogen-bond donors (Lipinski definition) is 2. The molecule has 11 heteroatoms. The smallest absolute Gasteiger partial charge is 0.377 e. The number of nitrogens with two attached hydrogens (primary N) is 1. The minimum atomic E-state index is -1.76. The molecule has 2 aromatic carbocycles. The van der Waals surface area contributed by atoms with Gasteiger partial charge in [0, 0.05) is 4.47 Å². The molecule has 1 heterocycles. The molecule has 1 unspecified atom stereocenters. The molecule has 2 aromatic rings. The van der Waals surface area contributed by atoms with Crippen LogP contribution in [0.15, 0.2) is 69.6 Å². The molecular weight excluding hydrogens is 534 g/mol. The third-order valence-electron chi connectivity index (χ3n) is 5.59. The highest BCUT2D eigenvalue weighted by atomic mass is 79.9. The van der Waals surface area contributed by atoms with Gasteiger partial charge in [-0.05, 0) is 40.0 Å². The molecule has 1 aliphatic rings. The van der Waals surface area contributed by atoms with E-state index in [9.17, 15) is 29.5 Å². The monoisotopic (exact) mass is 553 g/mol. The summed E-state index contributed by atoms with van der Waals surface area (Å²) in [5.41, 5.74) is 6.09. The molecule has 1 atom stereocenters. The molecule has 184 valence electrons. The first-order valence-corrected chi connectivity index (χ1v) is 11.1. The largest absolute Gasteiger partial charge is 0.475 e. The molecule has 0 spiro atoms. The van der Waals surface area contributed by atoms with E-state index in [2.05, 4.69) is 15.9 Å². The van der Waals surface area contributed by atoms with E-state index >= 15 is 0 Å². The average molecular weight is 554 g/mol. The number of benzene rings is 2. The number of carboxylic acids is 1. The molecule has 0 radical (unpaired) electrons. The molecule has 0 bridgehead atoms. The van der Waals surface area contributed by atoms with Crippen molar-refractivity contribution in [3.05, 3.63) is 86.3 Å². The number of aliphatic carboxylic acids is 1. The Morgan fingerprint density at radius 3 is 2.19 bits per heavy atom. The molecule has 1 aliphatic heterocycles. The van der Waals surface area contributed by atoms with E-state index in [1.807, 2.05) is 6.07 Å². The van der Waals surface area contributed by atoms with E-state index in [0.29, 0.717) is 11.1 Å². The fourth-order valence-corrected chi connectivity index (χ4v) is 4.46. The maximum Gasteiger partial charge on any atom is 0.377 e. The Kier molecular flexibility index (Phi) is 7.60. The maximum absolute atomic E-state index is 13.2. The number of ether oxygens (including phenoxy) is 2. The summed E-state index contributed by atoms with van der Waals surface area (Å²) >= 11 is 3.24. The highest BCUT2D eigenvalue weighted by Gasteiger charge is 2.44. The zero-order chi connectivity index (χ0) is 26.7. The lowest BCUT2D eigenvalue weighted by molar-refractivity contribution is -0.139. The van der Waals surface area contributed by atoms with Gasteiger partial charge in [0.05, 0.1) is 48.6 Å². The number of carbonyl (C=O) groups excluding carboxylic acids is 3. The first kappa shape index (κ1) is 26.2. The second-order valence-corrected chi connectivity index (χ2v) is 8.35. The molecule has 0 aliphatic carbocycles. The van der Waals surface area contributed by atoms with E-state index in [4.69, 9.17) is 15.2 Å². The summed E-state index contributed by atoms with van der Waals surface area (Å²) in [6.07, 6.45) is 0.